The summed E-state index contributed by atoms with van der Waals surface area (Å²) in [5.74, 6) is -1.44. The molecule has 0 aliphatic carbocycles. The Kier molecular flexibility index (Phi) is 4.44. The van der Waals surface area contributed by atoms with Gasteiger partial charge < -0.3 is 5.73 Å². The van der Waals surface area contributed by atoms with E-state index in [4.69, 9.17) is 5.73 Å². The molecular weight excluding hydrogens is 364 g/mol. The number of benzene rings is 1. The molecule has 1 rings (SSSR count). The molecule has 1 aromatic carbocycles. The first-order valence-corrected chi connectivity index (χ1v) is 7.23. The maximum atomic E-state index is 13.0. The molecule has 2 N–H and O–H groups in total. The Morgan fingerprint density at radius 2 is 2.12 bits per heavy atom. The number of amides is 1. The monoisotopic (exact) mass is 373 g/mol. The molecule has 0 heterocycles. The fourth-order valence-corrected chi connectivity index (χ4v) is 2.21. The zero-order chi connectivity index (χ0) is 13.2. The molecule has 0 fully saturated rings. The molecule has 0 saturated carbocycles. The van der Waals surface area contributed by atoms with Gasteiger partial charge in [0.25, 0.3) is 16.0 Å². The number of primary amides is 1. The van der Waals surface area contributed by atoms with Gasteiger partial charge in [0, 0.05) is 3.57 Å². The van der Waals surface area contributed by atoms with Gasteiger partial charge in [-0.15, -0.1) is 0 Å². The molecule has 17 heavy (non-hydrogen) atoms. The van der Waals surface area contributed by atoms with Crippen molar-refractivity contribution in [3.05, 3.63) is 33.1 Å². The lowest BCUT2D eigenvalue weighted by Gasteiger charge is -2.13. The van der Waals surface area contributed by atoms with Crippen LogP contribution in [0.25, 0.3) is 0 Å². The lowest BCUT2D eigenvalue weighted by molar-refractivity contribution is -0.124. The maximum Gasteiger partial charge on any atom is 0.265 e. The van der Waals surface area contributed by atoms with Crippen molar-refractivity contribution in [3.8, 4) is 0 Å². The highest BCUT2D eigenvalue weighted by Gasteiger charge is 2.24. The van der Waals surface area contributed by atoms with Crippen molar-refractivity contribution < 1.29 is 21.8 Å². The van der Waals surface area contributed by atoms with Crippen LogP contribution in [0, 0.1) is 9.39 Å². The number of carbonyl (C=O) groups excluding carboxylic acids is 1. The normalized spacial score (nSPS) is 13.4. The first kappa shape index (κ1) is 14.3. The minimum absolute atomic E-state index is 0.189. The Labute approximate surface area is 111 Å². The molecular formula is C9H9FINO4S. The molecule has 0 aliphatic rings. The Morgan fingerprint density at radius 1 is 1.53 bits per heavy atom. The fourth-order valence-electron chi connectivity index (χ4n) is 1.12. The summed E-state index contributed by atoms with van der Waals surface area (Å²) < 4.78 is 39.7. The van der Waals surface area contributed by atoms with E-state index in [0.717, 1.165) is 12.3 Å². The van der Waals surface area contributed by atoms with Crippen molar-refractivity contribution in [2.24, 2.45) is 5.73 Å². The van der Waals surface area contributed by atoms with Crippen LogP contribution in [0.4, 0.5) is 4.39 Å². The standard InChI is InChI=1S/C9H9FINO4S/c1-17(14,15)16-8(9(12)13)5-2-3-6(10)7(11)4-5/h2-4,8H,1H3,(H2,12,13). The van der Waals surface area contributed by atoms with Gasteiger partial charge in [0.1, 0.15) is 5.82 Å². The number of rotatable bonds is 4. The van der Waals surface area contributed by atoms with Crippen molar-refractivity contribution in [1.82, 2.24) is 0 Å². The summed E-state index contributed by atoms with van der Waals surface area (Å²) in [4.78, 5) is 11.1. The fraction of sp³-hybridized carbons (Fsp3) is 0.222. The summed E-state index contributed by atoms with van der Waals surface area (Å²) in [7, 11) is -3.84. The SMILES string of the molecule is CS(=O)(=O)OC(C(N)=O)c1ccc(F)c(I)c1. The van der Waals surface area contributed by atoms with Gasteiger partial charge in [-0.2, -0.15) is 8.42 Å². The first-order valence-electron chi connectivity index (χ1n) is 4.33. The largest absolute Gasteiger partial charge is 0.367 e. The van der Waals surface area contributed by atoms with E-state index >= 15 is 0 Å². The molecule has 0 aliphatic heterocycles. The molecule has 0 spiro atoms. The molecule has 5 nitrogen and oxygen atoms in total. The molecule has 0 saturated heterocycles. The lowest BCUT2D eigenvalue weighted by atomic mass is 10.1. The zero-order valence-electron chi connectivity index (χ0n) is 8.68. The van der Waals surface area contributed by atoms with E-state index < -0.39 is 27.9 Å². The van der Waals surface area contributed by atoms with Crippen LogP contribution in [0.3, 0.4) is 0 Å². The molecule has 1 aromatic rings. The average Bonchev–Trinajstić information content (AvgIpc) is 2.17. The van der Waals surface area contributed by atoms with Gasteiger partial charge in [-0.3, -0.25) is 8.98 Å². The topological polar surface area (TPSA) is 86.5 Å². The quantitative estimate of drug-likeness (QED) is 0.629. The summed E-state index contributed by atoms with van der Waals surface area (Å²) in [5.41, 5.74) is 5.23. The van der Waals surface area contributed by atoms with Crippen LogP contribution in [0.2, 0.25) is 0 Å². The minimum Gasteiger partial charge on any atom is -0.367 e. The van der Waals surface area contributed by atoms with E-state index in [1.54, 1.807) is 22.6 Å². The third-order valence-corrected chi connectivity index (χ3v) is 3.14. The second-order valence-electron chi connectivity index (χ2n) is 3.26. The highest BCUT2D eigenvalue weighted by atomic mass is 127. The van der Waals surface area contributed by atoms with E-state index in [1.807, 2.05) is 0 Å². The second-order valence-corrected chi connectivity index (χ2v) is 6.02. The predicted molar refractivity (Wildman–Crippen MR) is 67.0 cm³/mol. The third-order valence-electron chi connectivity index (χ3n) is 1.78. The highest BCUT2D eigenvalue weighted by Crippen LogP contribution is 2.22. The molecule has 0 radical (unpaired) electrons. The average molecular weight is 373 g/mol. The van der Waals surface area contributed by atoms with E-state index in [0.29, 0.717) is 0 Å². The van der Waals surface area contributed by atoms with Gasteiger partial charge in [0.2, 0.25) is 0 Å². The minimum atomic E-state index is -3.84. The highest BCUT2D eigenvalue weighted by molar-refractivity contribution is 14.1. The maximum absolute atomic E-state index is 13.0. The molecule has 0 bridgehead atoms. The van der Waals surface area contributed by atoms with Crippen LogP contribution >= 0.6 is 22.6 Å². The zero-order valence-corrected chi connectivity index (χ0v) is 11.7. The van der Waals surface area contributed by atoms with E-state index in [2.05, 4.69) is 4.18 Å². The second kappa shape index (κ2) is 5.27. The molecule has 1 atom stereocenters. The number of halogens is 2. The van der Waals surface area contributed by atoms with Gasteiger partial charge in [-0.25, -0.2) is 4.39 Å². The summed E-state index contributed by atoms with van der Waals surface area (Å²) >= 11 is 1.71. The van der Waals surface area contributed by atoms with E-state index in [9.17, 15) is 17.6 Å². The van der Waals surface area contributed by atoms with Gasteiger partial charge in [0.15, 0.2) is 6.10 Å². The molecule has 1 unspecified atom stereocenters. The van der Waals surface area contributed by atoms with Crippen LogP contribution in [0.1, 0.15) is 11.7 Å². The van der Waals surface area contributed by atoms with Gasteiger partial charge in [0.05, 0.1) is 6.26 Å². The van der Waals surface area contributed by atoms with Crippen LogP contribution in [-0.2, 0) is 19.1 Å². The number of nitrogens with two attached hydrogens (primary N) is 1. The van der Waals surface area contributed by atoms with Crippen molar-refractivity contribution in [1.29, 1.82) is 0 Å². The number of hydrogen-bond acceptors (Lipinski definition) is 4. The van der Waals surface area contributed by atoms with Crippen molar-refractivity contribution in [2.75, 3.05) is 6.26 Å². The summed E-state index contributed by atoms with van der Waals surface area (Å²) in [6.07, 6.45) is -0.642. The summed E-state index contributed by atoms with van der Waals surface area (Å²) in [6, 6.07) is 3.66. The van der Waals surface area contributed by atoms with Crippen molar-refractivity contribution >= 4 is 38.6 Å². The van der Waals surface area contributed by atoms with Gasteiger partial charge >= 0.3 is 0 Å². The summed E-state index contributed by atoms with van der Waals surface area (Å²) in [6.45, 7) is 0. The van der Waals surface area contributed by atoms with Crippen LogP contribution < -0.4 is 5.73 Å². The Hall–Kier alpha value is -0.740. The van der Waals surface area contributed by atoms with Crippen molar-refractivity contribution in [3.63, 3.8) is 0 Å². The predicted octanol–water partition coefficient (Wildman–Crippen LogP) is 0.933. The first-order chi connectivity index (χ1) is 7.70. The van der Waals surface area contributed by atoms with Crippen LogP contribution in [-0.4, -0.2) is 20.6 Å². The smallest absolute Gasteiger partial charge is 0.265 e. The lowest BCUT2D eigenvalue weighted by Crippen LogP contribution is -2.26. The summed E-state index contributed by atoms with van der Waals surface area (Å²) in [5, 5.41) is 0. The molecule has 0 aromatic heterocycles. The van der Waals surface area contributed by atoms with Gasteiger partial charge in [-0.1, -0.05) is 6.07 Å². The Balaban J connectivity index is 3.15. The molecule has 1 amide bonds. The van der Waals surface area contributed by atoms with Gasteiger partial charge in [-0.05, 0) is 40.3 Å². The number of hydrogen-bond donors (Lipinski definition) is 1. The van der Waals surface area contributed by atoms with E-state index in [-0.39, 0.29) is 9.13 Å². The molecule has 8 heteroatoms. The Bertz CT molecular complexity index is 546. The van der Waals surface area contributed by atoms with E-state index in [1.165, 1.54) is 12.1 Å². The third kappa shape index (κ3) is 4.21. The Morgan fingerprint density at radius 3 is 2.53 bits per heavy atom. The molecule has 94 valence electrons. The van der Waals surface area contributed by atoms with Crippen LogP contribution in [0.15, 0.2) is 18.2 Å². The van der Waals surface area contributed by atoms with Crippen molar-refractivity contribution in [2.45, 2.75) is 6.10 Å². The number of carbonyl (C=O) groups is 1. The van der Waals surface area contributed by atoms with Crippen LogP contribution in [0.5, 0.6) is 0 Å².